The molecule has 0 amide bonds. The van der Waals surface area contributed by atoms with Crippen LogP contribution in [0.15, 0.2) is 18.5 Å². The first-order chi connectivity index (χ1) is 8.83. The van der Waals surface area contributed by atoms with Crippen LogP contribution in [-0.2, 0) is 16.0 Å². The highest BCUT2D eigenvalue weighted by molar-refractivity contribution is 4.77. The Morgan fingerprint density at radius 1 is 1.39 bits per heavy atom. The number of aromatic nitrogens is 2. The second-order valence-corrected chi connectivity index (χ2v) is 3.90. The Bertz CT molecular complexity index is 280. The average Bonchev–Trinajstić information content (AvgIpc) is 2.87. The molecule has 0 aliphatic carbocycles. The number of aliphatic hydroxyl groups excluding tert-OH is 1. The van der Waals surface area contributed by atoms with Gasteiger partial charge in [0.15, 0.2) is 0 Å². The van der Waals surface area contributed by atoms with Gasteiger partial charge in [0.05, 0.1) is 32.5 Å². The fourth-order valence-corrected chi connectivity index (χ4v) is 1.44. The Labute approximate surface area is 108 Å². The lowest BCUT2D eigenvalue weighted by Crippen LogP contribution is -2.32. The number of rotatable bonds is 11. The molecular weight excluding hydrogens is 234 g/mol. The third-order valence-corrected chi connectivity index (χ3v) is 2.34. The van der Waals surface area contributed by atoms with Crippen LogP contribution in [0.25, 0.3) is 0 Å². The maximum atomic E-state index is 9.61. The second-order valence-electron chi connectivity index (χ2n) is 3.90. The largest absolute Gasteiger partial charge is 0.389 e. The first kappa shape index (κ1) is 15.1. The van der Waals surface area contributed by atoms with Crippen LogP contribution in [0, 0.1) is 0 Å². The van der Waals surface area contributed by atoms with Gasteiger partial charge in [0, 0.05) is 32.1 Å². The number of nitrogens with zero attached hydrogens (tertiary/aromatic N) is 2. The van der Waals surface area contributed by atoms with Crippen molar-refractivity contribution >= 4 is 0 Å². The van der Waals surface area contributed by atoms with Gasteiger partial charge < -0.3 is 19.9 Å². The van der Waals surface area contributed by atoms with E-state index < -0.39 is 6.10 Å². The molecule has 0 spiro atoms. The Morgan fingerprint density at radius 2 is 2.22 bits per heavy atom. The van der Waals surface area contributed by atoms with Crippen molar-refractivity contribution in [2.75, 3.05) is 39.5 Å². The van der Waals surface area contributed by atoms with Gasteiger partial charge in [0.2, 0.25) is 0 Å². The summed E-state index contributed by atoms with van der Waals surface area (Å²) in [6, 6.07) is 1.89. The summed E-state index contributed by atoms with van der Waals surface area (Å²) in [7, 11) is 0. The van der Waals surface area contributed by atoms with Crippen LogP contribution in [0.5, 0.6) is 0 Å². The molecular formula is C12H23N3O3. The first-order valence-electron chi connectivity index (χ1n) is 6.34. The molecule has 1 heterocycles. The highest BCUT2D eigenvalue weighted by Crippen LogP contribution is 1.86. The molecule has 6 heteroatoms. The minimum Gasteiger partial charge on any atom is -0.389 e. The lowest BCUT2D eigenvalue weighted by atomic mass is 10.4. The lowest BCUT2D eigenvalue weighted by molar-refractivity contribution is 0.00650. The van der Waals surface area contributed by atoms with Crippen molar-refractivity contribution in [3.05, 3.63) is 18.5 Å². The van der Waals surface area contributed by atoms with Crippen molar-refractivity contribution in [2.45, 2.75) is 19.6 Å². The van der Waals surface area contributed by atoms with Crippen LogP contribution in [0.1, 0.15) is 6.92 Å². The molecule has 0 saturated heterocycles. The molecule has 6 nitrogen and oxygen atoms in total. The number of nitrogens with one attached hydrogen (secondary N) is 1. The minimum atomic E-state index is -0.482. The van der Waals surface area contributed by atoms with Gasteiger partial charge in [-0.2, -0.15) is 5.10 Å². The van der Waals surface area contributed by atoms with E-state index in [-0.39, 0.29) is 0 Å². The van der Waals surface area contributed by atoms with Crippen LogP contribution >= 0.6 is 0 Å². The summed E-state index contributed by atoms with van der Waals surface area (Å²) in [5.41, 5.74) is 0. The molecule has 0 aromatic carbocycles. The molecule has 0 saturated carbocycles. The molecule has 1 unspecified atom stereocenters. The zero-order valence-electron chi connectivity index (χ0n) is 10.9. The Morgan fingerprint density at radius 3 is 2.94 bits per heavy atom. The molecule has 0 aliphatic heterocycles. The van der Waals surface area contributed by atoms with E-state index in [0.29, 0.717) is 33.0 Å². The third-order valence-electron chi connectivity index (χ3n) is 2.34. The van der Waals surface area contributed by atoms with Gasteiger partial charge in [0.25, 0.3) is 0 Å². The zero-order chi connectivity index (χ0) is 13.1. The lowest BCUT2D eigenvalue weighted by Gasteiger charge is -2.12. The minimum absolute atomic E-state index is 0.335. The van der Waals surface area contributed by atoms with Gasteiger partial charge >= 0.3 is 0 Å². The highest BCUT2D eigenvalue weighted by Gasteiger charge is 2.03. The number of ether oxygens (including phenoxy) is 2. The van der Waals surface area contributed by atoms with E-state index in [1.807, 2.05) is 23.9 Å². The summed E-state index contributed by atoms with van der Waals surface area (Å²) in [5, 5.41) is 16.9. The molecule has 0 bridgehead atoms. The smallest absolute Gasteiger partial charge is 0.0897 e. The van der Waals surface area contributed by atoms with Crippen molar-refractivity contribution < 1.29 is 14.6 Å². The van der Waals surface area contributed by atoms with E-state index in [1.54, 1.807) is 6.20 Å². The summed E-state index contributed by atoms with van der Waals surface area (Å²) >= 11 is 0. The summed E-state index contributed by atoms with van der Waals surface area (Å²) in [4.78, 5) is 0. The third kappa shape index (κ3) is 7.39. The SMILES string of the molecule is CCOCCOCC(O)CNCCn1cccn1. The highest BCUT2D eigenvalue weighted by atomic mass is 16.5. The molecule has 0 fully saturated rings. The zero-order valence-corrected chi connectivity index (χ0v) is 10.9. The van der Waals surface area contributed by atoms with Crippen molar-refractivity contribution in [2.24, 2.45) is 0 Å². The Balaban J connectivity index is 1.88. The Hall–Kier alpha value is -0.950. The molecule has 18 heavy (non-hydrogen) atoms. The topological polar surface area (TPSA) is 68.5 Å². The van der Waals surface area contributed by atoms with E-state index in [0.717, 1.165) is 13.1 Å². The molecule has 2 N–H and O–H groups in total. The standard InChI is InChI=1S/C12H23N3O3/c1-2-17-8-9-18-11-12(16)10-13-5-7-15-6-3-4-14-15/h3-4,6,12-13,16H,2,5,7-11H2,1H3. The van der Waals surface area contributed by atoms with Crippen molar-refractivity contribution in [3.63, 3.8) is 0 Å². The van der Waals surface area contributed by atoms with Crippen molar-refractivity contribution in [3.8, 4) is 0 Å². The summed E-state index contributed by atoms with van der Waals surface area (Å²) in [6.07, 6.45) is 3.18. The van der Waals surface area contributed by atoms with Crippen LogP contribution in [-0.4, -0.2) is 60.5 Å². The quantitative estimate of drug-likeness (QED) is 0.541. The number of aliphatic hydroxyl groups is 1. The van der Waals surface area contributed by atoms with Crippen molar-refractivity contribution in [1.29, 1.82) is 0 Å². The van der Waals surface area contributed by atoms with E-state index in [2.05, 4.69) is 10.4 Å². The normalized spacial score (nSPS) is 12.8. The number of hydrogen-bond acceptors (Lipinski definition) is 5. The van der Waals surface area contributed by atoms with Crippen LogP contribution < -0.4 is 5.32 Å². The maximum absolute atomic E-state index is 9.61. The maximum Gasteiger partial charge on any atom is 0.0897 e. The number of hydrogen-bond donors (Lipinski definition) is 2. The fraction of sp³-hybridized carbons (Fsp3) is 0.750. The van der Waals surface area contributed by atoms with E-state index in [4.69, 9.17) is 9.47 Å². The van der Waals surface area contributed by atoms with Gasteiger partial charge in [0.1, 0.15) is 0 Å². The summed E-state index contributed by atoms with van der Waals surface area (Å²) in [6.45, 7) is 6.17. The molecule has 0 aliphatic rings. The molecule has 104 valence electrons. The monoisotopic (exact) mass is 257 g/mol. The predicted molar refractivity (Wildman–Crippen MR) is 68.4 cm³/mol. The van der Waals surface area contributed by atoms with Gasteiger partial charge in [-0.1, -0.05) is 0 Å². The van der Waals surface area contributed by atoms with Gasteiger partial charge in [-0.05, 0) is 13.0 Å². The van der Waals surface area contributed by atoms with Gasteiger partial charge in [-0.3, -0.25) is 4.68 Å². The molecule has 1 aromatic rings. The van der Waals surface area contributed by atoms with Crippen molar-refractivity contribution in [1.82, 2.24) is 15.1 Å². The summed E-state index contributed by atoms with van der Waals surface area (Å²) < 4.78 is 12.2. The van der Waals surface area contributed by atoms with E-state index in [1.165, 1.54) is 0 Å². The molecule has 1 aromatic heterocycles. The molecule has 1 atom stereocenters. The predicted octanol–water partition coefficient (Wildman–Crippen LogP) is -0.113. The van der Waals surface area contributed by atoms with Gasteiger partial charge in [-0.25, -0.2) is 0 Å². The van der Waals surface area contributed by atoms with Crippen LogP contribution in [0.2, 0.25) is 0 Å². The summed E-state index contributed by atoms with van der Waals surface area (Å²) in [5.74, 6) is 0. The molecule has 0 radical (unpaired) electrons. The second kappa shape index (κ2) is 10.0. The van der Waals surface area contributed by atoms with E-state index >= 15 is 0 Å². The first-order valence-corrected chi connectivity index (χ1v) is 6.34. The average molecular weight is 257 g/mol. The Kier molecular flexibility index (Phi) is 8.41. The molecule has 1 rings (SSSR count). The van der Waals surface area contributed by atoms with Crippen LogP contribution in [0.4, 0.5) is 0 Å². The van der Waals surface area contributed by atoms with Gasteiger partial charge in [-0.15, -0.1) is 0 Å². The van der Waals surface area contributed by atoms with Crippen LogP contribution in [0.3, 0.4) is 0 Å². The van der Waals surface area contributed by atoms with E-state index in [9.17, 15) is 5.11 Å². The fourth-order valence-electron chi connectivity index (χ4n) is 1.44.